The van der Waals surface area contributed by atoms with Crippen molar-refractivity contribution in [3.05, 3.63) is 60.3 Å². The van der Waals surface area contributed by atoms with Crippen LogP contribution in [0.3, 0.4) is 0 Å². The minimum absolute atomic E-state index is 0.109. The molecular formula is C20H23N3O. The molecule has 0 saturated carbocycles. The summed E-state index contributed by atoms with van der Waals surface area (Å²) in [7, 11) is 0. The molecule has 0 atom stereocenters. The van der Waals surface area contributed by atoms with Crippen LogP contribution in [0.5, 0.6) is 0 Å². The number of hydrogen-bond donors (Lipinski definition) is 1. The SMILES string of the molecule is CCN(C(=O)Nc1cn(CC)c2ccccc12)c1cccc(C)c1. The summed E-state index contributed by atoms with van der Waals surface area (Å²) in [5, 5.41) is 4.14. The monoisotopic (exact) mass is 321 g/mol. The lowest BCUT2D eigenvalue weighted by Crippen LogP contribution is -2.34. The van der Waals surface area contributed by atoms with Gasteiger partial charge in [-0.2, -0.15) is 0 Å². The van der Waals surface area contributed by atoms with Gasteiger partial charge in [-0.1, -0.05) is 30.3 Å². The van der Waals surface area contributed by atoms with Crippen molar-refractivity contribution in [2.75, 3.05) is 16.8 Å². The van der Waals surface area contributed by atoms with E-state index >= 15 is 0 Å². The topological polar surface area (TPSA) is 37.3 Å². The fraction of sp³-hybridized carbons (Fsp3) is 0.250. The van der Waals surface area contributed by atoms with Crippen molar-refractivity contribution < 1.29 is 4.79 Å². The Morgan fingerprint density at radius 3 is 2.62 bits per heavy atom. The first-order valence-corrected chi connectivity index (χ1v) is 8.37. The van der Waals surface area contributed by atoms with Crippen molar-refractivity contribution in [2.24, 2.45) is 0 Å². The summed E-state index contributed by atoms with van der Waals surface area (Å²) in [6.07, 6.45) is 2.01. The first-order chi connectivity index (χ1) is 11.6. The molecular weight excluding hydrogens is 298 g/mol. The number of para-hydroxylation sites is 1. The molecule has 4 nitrogen and oxygen atoms in total. The molecule has 2 amide bonds. The molecule has 1 aromatic heterocycles. The molecule has 0 bridgehead atoms. The normalized spacial score (nSPS) is 10.8. The largest absolute Gasteiger partial charge is 0.346 e. The lowest BCUT2D eigenvalue weighted by atomic mass is 10.2. The number of aryl methyl sites for hydroxylation is 2. The molecule has 0 aliphatic carbocycles. The lowest BCUT2D eigenvalue weighted by Gasteiger charge is -2.21. The van der Waals surface area contributed by atoms with E-state index < -0.39 is 0 Å². The van der Waals surface area contributed by atoms with Gasteiger partial charge >= 0.3 is 6.03 Å². The Balaban J connectivity index is 1.91. The number of aromatic nitrogens is 1. The molecule has 0 aliphatic rings. The van der Waals surface area contributed by atoms with Crippen LogP contribution < -0.4 is 10.2 Å². The van der Waals surface area contributed by atoms with E-state index in [1.54, 1.807) is 4.90 Å². The van der Waals surface area contributed by atoms with E-state index in [1.165, 1.54) is 0 Å². The van der Waals surface area contributed by atoms with Crippen LogP contribution in [0.2, 0.25) is 0 Å². The summed E-state index contributed by atoms with van der Waals surface area (Å²) in [6, 6.07) is 16.0. The molecule has 0 aliphatic heterocycles. The number of fused-ring (bicyclic) bond motifs is 1. The molecule has 0 unspecified atom stereocenters. The van der Waals surface area contributed by atoms with Gasteiger partial charge in [0.2, 0.25) is 0 Å². The number of amides is 2. The second-order valence-corrected chi connectivity index (χ2v) is 5.86. The highest BCUT2D eigenvalue weighted by Gasteiger charge is 2.16. The summed E-state index contributed by atoms with van der Waals surface area (Å²) in [4.78, 5) is 14.6. The number of rotatable bonds is 4. The third-order valence-electron chi connectivity index (χ3n) is 4.25. The second-order valence-electron chi connectivity index (χ2n) is 5.86. The highest BCUT2D eigenvalue weighted by molar-refractivity contribution is 6.07. The Kier molecular flexibility index (Phi) is 4.56. The molecule has 0 radical (unpaired) electrons. The predicted octanol–water partition coefficient (Wildman–Crippen LogP) is 5.03. The number of nitrogens with zero attached hydrogens (tertiary/aromatic N) is 2. The van der Waals surface area contributed by atoms with Gasteiger partial charge < -0.3 is 9.88 Å². The van der Waals surface area contributed by atoms with Crippen LogP contribution in [0.4, 0.5) is 16.2 Å². The van der Waals surface area contributed by atoms with Gasteiger partial charge in [-0.25, -0.2) is 4.79 Å². The fourth-order valence-electron chi connectivity index (χ4n) is 3.03. The smallest absolute Gasteiger partial charge is 0.326 e. The van der Waals surface area contributed by atoms with Gasteiger partial charge in [-0.3, -0.25) is 4.90 Å². The van der Waals surface area contributed by atoms with Gasteiger partial charge in [0, 0.05) is 30.4 Å². The van der Waals surface area contributed by atoms with Crippen LogP contribution in [-0.2, 0) is 6.54 Å². The number of benzene rings is 2. The quantitative estimate of drug-likeness (QED) is 0.719. The zero-order valence-electron chi connectivity index (χ0n) is 14.4. The third-order valence-corrected chi connectivity index (χ3v) is 4.25. The van der Waals surface area contributed by atoms with Crippen LogP contribution in [0.25, 0.3) is 10.9 Å². The maximum absolute atomic E-state index is 12.8. The van der Waals surface area contributed by atoms with Gasteiger partial charge in [-0.15, -0.1) is 0 Å². The van der Waals surface area contributed by atoms with Crippen LogP contribution >= 0.6 is 0 Å². The van der Waals surface area contributed by atoms with E-state index in [0.29, 0.717) is 6.54 Å². The summed E-state index contributed by atoms with van der Waals surface area (Å²) in [5.74, 6) is 0. The summed E-state index contributed by atoms with van der Waals surface area (Å²) in [5.41, 5.74) is 4.04. The molecule has 1 heterocycles. The standard InChI is InChI=1S/C20H23N3O/c1-4-22-14-18(17-11-6-7-12-19(17)22)21-20(24)23(5-2)16-10-8-9-15(3)13-16/h6-14H,4-5H2,1-3H3,(H,21,24). The van der Waals surface area contributed by atoms with E-state index in [1.807, 2.05) is 62.5 Å². The van der Waals surface area contributed by atoms with E-state index in [4.69, 9.17) is 0 Å². The number of hydrogen-bond acceptors (Lipinski definition) is 1. The van der Waals surface area contributed by atoms with Gasteiger partial charge in [0.05, 0.1) is 11.2 Å². The van der Waals surface area contributed by atoms with E-state index in [9.17, 15) is 4.79 Å². The number of carbonyl (C=O) groups excluding carboxylic acids is 1. The van der Waals surface area contributed by atoms with Gasteiger partial charge in [-0.05, 0) is 44.5 Å². The van der Waals surface area contributed by atoms with Gasteiger partial charge in [0.1, 0.15) is 0 Å². The third kappa shape index (κ3) is 3.00. The Hall–Kier alpha value is -2.75. The molecule has 3 rings (SSSR count). The molecule has 124 valence electrons. The summed E-state index contributed by atoms with van der Waals surface area (Å²) >= 11 is 0. The highest BCUT2D eigenvalue weighted by atomic mass is 16.2. The summed E-state index contributed by atoms with van der Waals surface area (Å²) < 4.78 is 2.15. The van der Waals surface area contributed by atoms with Crippen LogP contribution in [0.15, 0.2) is 54.7 Å². The Morgan fingerprint density at radius 2 is 1.92 bits per heavy atom. The van der Waals surface area contributed by atoms with Gasteiger partial charge in [0.15, 0.2) is 0 Å². The van der Waals surface area contributed by atoms with Crippen molar-refractivity contribution >= 4 is 28.3 Å². The molecule has 1 N–H and O–H groups in total. The lowest BCUT2D eigenvalue weighted by molar-refractivity contribution is 0.257. The number of anilines is 2. The molecule has 4 heteroatoms. The molecule has 24 heavy (non-hydrogen) atoms. The zero-order valence-corrected chi connectivity index (χ0v) is 14.4. The minimum atomic E-state index is -0.109. The number of nitrogens with one attached hydrogen (secondary N) is 1. The minimum Gasteiger partial charge on any atom is -0.346 e. The average molecular weight is 321 g/mol. The van der Waals surface area contributed by atoms with Gasteiger partial charge in [0.25, 0.3) is 0 Å². The second kappa shape index (κ2) is 6.79. The van der Waals surface area contributed by atoms with Crippen molar-refractivity contribution in [1.29, 1.82) is 0 Å². The van der Waals surface area contributed by atoms with Crippen LogP contribution in [0, 0.1) is 6.92 Å². The van der Waals surface area contributed by atoms with E-state index in [-0.39, 0.29) is 6.03 Å². The number of urea groups is 1. The fourth-order valence-corrected chi connectivity index (χ4v) is 3.03. The highest BCUT2D eigenvalue weighted by Crippen LogP contribution is 2.27. The molecule has 0 saturated heterocycles. The summed E-state index contributed by atoms with van der Waals surface area (Å²) in [6.45, 7) is 7.60. The Morgan fingerprint density at radius 1 is 1.12 bits per heavy atom. The van der Waals surface area contributed by atoms with Crippen molar-refractivity contribution in [1.82, 2.24) is 4.57 Å². The van der Waals surface area contributed by atoms with Crippen LogP contribution in [-0.4, -0.2) is 17.1 Å². The number of carbonyl (C=O) groups is 1. The molecule has 0 spiro atoms. The van der Waals surface area contributed by atoms with Crippen molar-refractivity contribution in [3.63, 3.8) is 0 Å². The zero-order chi connectivity index (χ0) is 17.1. The molecule has 2 aromatic carbocycles. The van der Waals surface area contributed by atoms with E-state index in [0.717, 1.165) is 34.4 Å². The maximum atomic E-state index is 12.8. The van der Waals surface area contributed by atoms with Crippen molar-refractivity contribution in [2.45, 2.75) is 27.3 Å². The average Bonchev–Trinajstić information content (AvgIpc) is 2.94. The Bertz CT molecular complexity index is 866. The predicted molar refractivity (Wildman–Crippen MR) is 101 cm³/mol. The Labute approximate surface area is 142 Å². The van der Waals surface area contributed by atoms with Crippen molar-refractivity contribution in [3.8, 4) is 0 Å². The first-order valence-electron chi connectivity index (χ1n) is 8.37. The maximum Gasteiger partial charge on any atom is 0.326 e. The molecule has 0 fully saturated rings. The molecule has 3 aromatic rings. The van der Waals surface area contributed by atoms with Crippen LogP contribution in [0.1, 0.15) is 19.4 Å². The van der Waals surface area contributed by atoms with E-state index in [2.05, 4.69) is 22.9 Å². The first kappa shape index (κ1) is 16.1.